The molecule has 29 heavy (non-hydrogen) atoms. The minimum Gasteiger partial charge on any atom is -0.342 e. The molecule has 1 amide bonds. The van der Waals surface area contributed by atoms with Gasteiger partial charge in [0.05, 0.1) is 5.41 Å². The van der Waals surface area contributed by atoms with Crippen molar-refractivity contribution in [1.82, 2.24) is 14.8 Å². The van der Waals surface area contributed by atoms with E-state index in [4.69, 9.17) is 0 Å². The first-order valence-corrected chi connectivity index (χ1v) is 11.2. The fourth-order valence-electron chi connectivity index (χ4n) is 5.35. The molecular weight excluding hydrogens is 358 g/mol. The lowest BCUT2D eigenvalue weighted by atomic mass is 9.67. The van der Waals surface area contributed by atoms with E-state index in [1.165, 1.54) is 11.1 Å². The van der Waals surface area contributed by atoms with E-state index < -0.39 is 0 Å². The van der Waals surface area contributed by atoms with Crippen LogP contribution in [0.2, 0.25) is 0 Å². The summed E-state index contributed by atoms with van der Waals surface area (Å²) >= 11 is 0. The second-order valence-electron chi connectivity index (χ2n) is 8.75. The highest BCUT2D eigenvalue weighted by Gasteiger charge is 2.50. The number of hydrogen-bond donors (Lipinski definition) is 0. The van der Waals surface area contributed by atoms with Crippen molar-refractivity contribution in [2.45, 2.75) is 58.0 Å². The first-order chi connectivity index (χ1) is 14.2. The van der Waals surface area contributed by atoms with Crippen molar-refractivity contribution < 1.29 is 4.79 Å². The summed E-state index contributed by atoms with van der Waals surface area (Å²) in [6.45, 7) is 6.04. The topological polar surface area (TPSA) is 36.4 Å². The van der Waals surface area contributed by atoms with E-state index in [9.17, 15) is 4.79 Å². The number of piperidine rings is 2. The van der Waals surface area contributed by atoms with Gasteiger partial charge in [-0.3, -0.25) is 14.7 Å². The van der Waals surface area contributed by atoms with Gasteiger partial charge >= 0.3 is 0 Å². The minimum absolute atomic E-state index is 0.203. The normalized spacial score (nSPS) is 25.5. The number of hydrogen-bond acceptors (Lipinski definition) is 3. The molecule has 2 atom stereocenters. The molecule has 2 aliphatic heterocycles. The van der Waals surface area contributed by atoms with Crippen LogP contribution in [0.4, 0.5) is 0 Å². The standard InChI is InChI=1S/C25H33N3O/c1-21-25(14-8-18-28(21)20-23-11-5-15-26-19-23)13-7-17-27(24(25)29)16-6-12-22-9-3-2-4-10-22/h2-5,9-11,15,19,21H,6-8,12-14,16-18,20H2,1H3/t21-,25-/m0/s1. The molecule has 1 aromatic carbocycles. The lowest BCUT2D eigenvalue weighted by molar-refractivity contribution is -0.155. The molecule has 0 bridgehead atoms. The fourth-order valence-corrected chi connectivity index (χ4v) is 5.35. The molecule has 3 heterocycles. The van der Waals surface area contributed by atoms with E-state index in [2.05, 4.69) is 58.1 Å². The molecule has 0 radical (unpaired) electrons. The predicted octanol–water partition coefficient (Wildman–Crippen LogP) is 4.31. The second-order valence-corrected chi connectivity index (χ2v) is 8.75. The van der Waals surface area contributed by atoms with Gasteiger partial charge in [-0.05, 0) is 69.2 Å². The number of amides is 1. The molecule has 4 heteroatoms. The average molecular weight is 392 g/mol. The Labute approximate surface area is 174 Å². The number of rotatable bonds is 6. The third kappa shape index (κ3) is 4.37. The van der Waals surface area contributed by atoms with Crippen molar-refractivity contribution in [3.8, 4) is 0 Å². The Morgan fingerprint density at radius 2 is 1.79 bits per heavy atom. The van der Waals surface area contributed by atoms with Crippen LogP contribution in [0.25, 0.3) is 0 Å². The maximum atomic E-state index is 13.6. The lowest BCUT2D eigenvalue weighted by Crippen LogP contribution is -2.60. The van der Waals surface area contributed by atoms with Crippen LogP contribution in [0.15, 0.2) is 54.9 Å². The lowest BCUT2D eigenvalue weighted by Gasteiger charge is -2.52. The number of aryl methyl sites for hydroxylation is 1. The molecule has 0 saturated carbocycles. The van der Waals surface area contributed by atoms with E-state index in [0.29, 0.717) is 5.91 Å². The van der Waals surface area contributed by atoms with Crippen LogP contribution < -0.4 is 0 Å². The molecule has 2 aromatic rings. The molecule has 1 aromatic heterocycles. The maximum Gasteiger partial charge on any atom is 0.230 e. The first-order valence-electron chi connectivity index (χ1n) is 11.2. The number of pyridine rings is 1. The monoisotopic (exact) mass is 391 g/mol. The summed E-state index contributed by atoms with van der Waals surface area (Å²) in [6.07, 6.45) is 10.2. The Morgan fingerprint density at radius 1 is 1.03 bits per heavy atom. The predicted molar refractivity (Wildman–Crippen MR) is 116 cm³/mol. The first kappa shape index (κ1) is 20.1. The van der Waals surface area contributed by atoms with Crippen LogP contribution in [-0.2, 0) is 17.8 Å². The zero-order valence-electron chi connectivity index (χ0n) is 17.6. The van der Waals surface area contributed by atoms with Crippen LogP contribution in [0.3, 0.4) is 0 Å². The molecule has 154 valence electrons. The third-order valence-electron chi connectivity index (χ3n) is 7.02. The van der Waals surface area contributed by atoms with Crippen molar-refractivity contribution in [2.75, 3.05) is 19.6 Å². The van der Waals surface area contributed by atoms with Gasteiger partial charge < -0.3 is 4.90 Å². The van der Waals surface area contributed by atoms with E-state index in [1.807, 2.05) is 18.5 Å². The summed E-state index contributed by atoms with van der Waals surface area (Å²) in [5.41, 5.74) is 2.39. The Morgan fingerprint density at radius 3 is 2.55 bits per heavy atom. The average Bonchev–Trinajstić information content (AvgIpc) is 2.76. The Bertz CT molecular complexity index is 790. The highest BCUT2D eigenvalue weighted by Crippen LogP contribution is 2.44. The van der Waals surface area contributed by atoms with Crippen LogP contribution in [-0.4, -0.2) is 46.4 Å². The summed E-state index contributed by atoms with van der Waals surface area (Å²) in [7, 11) is 0. The number of likely N-dealkylation sites (tertiary alicyclic amines) is 2. The highest BCUT2D eigenvalue weighted by molar-refractivity contribution is 5.84. The Balaban J connectivity index is 1.41. The number of nitrogens with zero attached hydrogens (tertiary/aromatic N) is 3. The van der Waals surface area contributed by atoms with Gasteiger partial charge in [-0.25, -0.2) is 0 Å². The molecule has 4 rings (SSSR count). The van der Waals surface area contributed by atoms with Crippen LogP contribution in [0.1, 0.15) is 50.2 Å². The van der Waals surface area contributed by atoms with Gasteiger partial charge in [0.15, 0.2) is 0 Å². The molecule has 2 saturated heterocycles. The molecule has 0 unspecified atom stereocenters. The van der Waals surface area contributed by atoms with Crippen molar-refractivity contribution in [2.24, 2.45) is 5.41 Å². The van der Waals surface area contributed by atoms with Crippen LogP contribution in [0.5, 0.6) is 0 Å². The van der Waals surface area contributed by atoms with Gasteiger partial charge in [-0.15, -0.1) is 0 Å². The summed E-state index contributed by atoms with van der Waals surface area (Å²) < 4.78 is 0. The summed E-state index contributed by atoms with van der Waals surface area (Å²) in [5.74, 6) is 0.403. The summed E-state index contributed by atoms with van der Waals surface area (Å²) in [6, 6.07) is 15.0. The zero-order chi connectivity index (χ0) is 20.1. The molecule has 4 nitrogen and oxygen atoms in total. The quantitative estimate of drug-likeness (QED) is 0.736. The van der Waals surface area contributed by atoms with Crippen molar-refractivity contribution in [3.05, 3.63) is 66.0 Å². The Hall–Kier alpha value is -2.20. The van der Waals surface area contributed by atoms with Gasteiger partial charge in [0.1, 0.15) is 0 Å². The maximum absolute atomic E-state index is 13.6. The number of benzene rings is 1. The molecule has 1 spiro atoms. The molecule has 0 aliphatic carbocycles. The minimum atomic E-state index is -0.203. The number of carbonyl (C=O) groups is 1. The van der Waals surface area contributed by atoms with E-state index in [1.54, 1.807) is 0 Å². The largest absolute Gasteiger partial charge is 0.342 e. The van der Waals surface area contributed by atoms with E-state index in [-0.39, 0.29) is 11.5 Å². The van der Waals surface area contributed by atoms with E-state index in [0.717, 1.165) is 64.7 Å². The summed E-state index contributed by atoms with van der Waals surface area (Å²) in [5, 5.41) is 0. The smallest absolute Gasteiger partial charge is 0.230 e. The summed E-state index contributed by atoms with van der Waals surface area (Å²) in [4.78, 5) is 22.6. The van der Waals surface area contributed by atoms with Crippen LogP contribution >= 0.6 is 0 Å². The van der Waals surface area contributed by atoms with Crippen molar-refractivity contribution in [1.29, 1.82) is 0 Å². The number of aromatic nitrogens is 1. The van der Waals surface area contributed by atoms with Crippen LogP contribution in [0, 0.1) is 5.41 Å². The highest BCUT2D eigenvalue weighted by atomic mass is 16.2. The molecule has 0 N–H and O–H groups in total. The van der Waals surface area contributed by atoms with Gasteiger partial charge in [0.25, 0.3) is 0 Å². The van der Waals surface area contributed by atoms with Crippen molar-refractivity contribution in [3.63, 3.8) is 0 Å². The van der Waals surface area contributed by atoms with Gasteiger partial charge in [-0.1, -0.05) is 36.4 Å². The third-order valence-corrected chi connectivity index (χ3v) is 7.02. The van der Waals surface area contributed by atoms with E-state index >= 15 is 0 Å². The number of carbonyl (C=O) groups excluding carboxylic acids is 1. The molecule has 2 aliphatic rings. The second kappa shape index (κ2) is 9.08. The Kier molecular flexibility index (Phi) is 6.29. The molecule has 2 fully saturated rings. The van der Waals surface area contributed by atoms with Crippen molar-refractivity contribution >= 4 is 5.91 Å². The molecular formula is C25H33N3O. The zero-order valence-corrected chi connectivity index (χ0v) is 17.6. The van der Waals surface area contributed by atoms with Gasteiger partial charge in [-0.2, -0.15) is 0 Å². The van der Waals surface area contributed by atoms with Gasteiger partial charge in [0.2, 0.25) is 5.91 Å². The van der Waals surface area contributed by atoms with Gasteiger partial charge in [0, 0.05) is 38.1 Å². The SMILES string of the molecule is C[C@@H]1N(Cc2cccnc2)CCC[C@@]12CCCN(CCCc1ccccc1)C2=O. The fraction of sp³-hybridized carbons (Fsp3) is 0.520.